The maximum atomic E-state index is 10.6. The summed E-state index contributed by atoms with van der Waals surface area (Å²) < 4.78 is 0. The Morgan fingerprint density at radius 3 is 2.50 bits per heavy atom. The van der Waals surface area contributed by atoms with Crippen molar-refractivity contribution < 1.29 is 5.11 Å². The second kappa shape index (κ2) is 6.86. The Balaban J connectivity index is 1.64. The number of aromatic amines is 1. The molecule has 0 amide bonds. The van der Waals surface area contributed by atoms with Crippen molar-refractivity contribution in [3.8, 4) is 0 Å². The lowest BCUT2D eigenvalue weighted by Crippen LogP contribution is -2.00. The van der Waals surface area contributed by atoms with Crippen molar-refractivity contribution >= 4 is 28.7 Å². The standard InChI is InChI=1S/C22H19N3O/c23-18-8-4-7-16(13-18)22(26)17-10-11-19-20(24-25-21(19)14-17)12-9-15-5-2-1-3-6-15/h1-14,22,26H,23H2,(H,24,25). The predicted octanol–water partition coefficient (Wildman–Crippen LogP) is 4.40. The van der Waals surface area contributed by atoms with E-state index in [1.54, 1.807) is 12.1 Å². The van der Waals surface area contributed by atoms with E-state index in [2.05, 4.69) is 10.2 Å². The van der Waals surface area contributed by atoms with Gasteiger partial charge in [-0.1, -0.05) is 60.7 Å². The molecule has 3 aromatic carbocycles. The molecule has 1 atom stereocenters. The van der Waals surface area contributed by atoms with Gasteiger partial charge in [-0.3, -0.25) is 5.10 Å². The van der Waals surface area contributed by atoms with Crippen LogP contribution in [0.15, 0.2) is 72.8 Å². The highest BCUT2D eigenvalue weighted by Crippen LogP contribution is 2.27. The largest absolute Gasteiger partial charge is 0.399 e. The summed E-state index contributed by atoms with van der Waals surface area (Å²) in [7, 11) is 0. The first-order valence-electron chi connectivity index (χ1n) is 8.45. The molecular weight excluding hydrogens is 322 g/mol. The zero-order chi connectivity index (χ0) is 17.9. The molecule has 4 rings (SSSR count). The summed E-state index contributed by atoms with van der Waals surface area (Å²) in [4.78, 5) is 0. The second-order valence-electron chi connectivity index (χ2n) is 6.23. The molecule has 0 saturated heterocycles. The normalized spacial score (nSPS) is 12.7. The van der Waals surface area contributed by atoms with E-state index in [-0.39, 0.29) is 0 Å². The molecule has 0 aliphatic rings. The summed E-state index contributed by atoms with van der Waals surface area (Å²) >= 11 is 0. The minimum Gasteiger partial charge on any atom is -0.399 e. The molecule has 0 spiro atoms. The van der Waals surface area contributed by atoms with Gasteiger partial charge in [-0.2, -0.15) is 5.10 Å². The van der Waals surface area contributed by atoms with Gasteiger partial charge < -0.3 is 10.8 Å². The number of aliphatic hydroxyl groups excluding tert-OH is 1. The predicted molar refractivity (Wildman–Crippen MR) is 106 cm³/mol. The topological polar surface area (TPSA) is 74.9 Å². The maximum Gasteiger partial charge on any atom is 0.104 e. The molecule has 1 aromatic heterocycles. The molecule has 0 saturated carbocycles. The average Bonchev–Trinajstić information content (AvgIpc) is 3.09. The van der Waals surface area contributed by atoms with Gasteiger partial charge in [-0.15, -0.1) is 0 Å². The fourth-order valence-electron chi connectivity index (χ4n) is 3.02. The number of hydrogen-bond donors (Lipinski definition) is 3. The van der Waals surface area contributed by atoms with Gasteiger partial charge in [0, 0.05) is 11.1 Å². The summed E-state index contributed by atoms with van der Waals surface area (Å²) in [5.41, 5.74) is 10.9. The van der Waals surface area contributed by atoms with Crippen molar-refractivity contribution in [1.82, 2.24) is 10.2 Å². The molecule has 0 fully saturated rings. The van der Waals surface area contributed by atoms with Gasteiger partial charge in [0.2, 0.25) is 0 Å². The Labute approximate surface area is 151 Å². The van der Waals surface area contributed by atoms with Crippen LogP contribution in [0.1, 0.15) is 28.5 Å². The number of aromatic nitrogens is 2. The van der Waals surface area contributed by atoms with Crippen LogP contribution in [0, 0.1) is 0 Å². The number of nitrogens with two attached hydrogens (primary N) is 1. The monoisotopic (exact) mass is 341 g/mol. The van der Waals surface area contributed by atoms with E-state index in [0.717, 1.165) is 33.3 Å². The highest BCUT2D eigenvalue weighted by atomic mass is 16.3. The van der Waals surface area contributed by atoms with E-state index in [4.69, 9.17) is 5.73 Å². The third-order valence-electron chi connectivity index (χ3n) is 4.39. The lowest BCUT2D eigenvalue weighted by Gasteiger charge is -2.12. The van der Waals surface area contributed by atoms with Crippen molar-refractivity contribution in [3.63, 3.8) is 0 Å². The number of fused-ring (bicyclic) bond motifs is 1. The Hall–Kier alpha value is -3.37. The summed E-state index contributed by atoms with van der Waals surface area (Å²) in [5.74, 6) is 0. The number of H-pyrrole nitrogens is 1. The lowest BCUT2D eigenvalue weighted by molar-refractivity contribution is 0.220. The zero-order valence-electron chi connectivity index (χ0n) is 14.1. The first kappa shape index (κ1) is 16.1. The van der Waals surface area contributed by atoms with Crippen LogP contribution in [0.2, 0.25) is 0 Å². The molecule has 0 aliphatic heterocycles. The number of rotatable bonds is 4. The summed E-state index contributed by atoms with van der Waals surface area (Å²) in [6.45, 7) is 0. The molecule has 4 heteroatoms. The lowest BCUT2D eigenvalue weighted by atomic mass is 9.99. The molecule has 128 valence electrons. The van der Waals surface area contributed by atoms with Crippen LogP contribution in [-0.4, -0.2) is 15.3 Å². The van der Waals surface area contributed by atoms with Gasteiger partial charge in [0.05, 0.1) is 11.2 Å². The number of nitrogens with zero attached hydrogens (tertiary/aromatic N) is 1. The number of hydrogen-bond acceptors (Lipinski definition) is 3. The number of anilines is 1. The minimum atomic E-state index is -0.727. The minimum absolute atomic E-state index is 0.637. The van der Waals surface area contributed by atoms with Gasteiger partial charge in [-0.25, -0.2) is 0 Å². The highest BCUT2D eigenvalue weighted by Gasteiger charge is 2.12. The Kier molecular flexibility index (Phi) is 4.25. The van der Waals surface area contributed by atoms with Crippen LogP contribution in [0.4, 0.5) is 5.69 Å². The van der Waals surface area contributed by atoms with Gasteiger partial charge in [-0.05, 0) is 41.0 Å². The van der Waals surface area contributed by atoms with E-state index in [1.165, 1.54) is 0 Å². The van der Waals surface area contributed by atoms with Crippen LogP contribution < -0.4 is 5.73 Å². The summed E-state index contributed by atoms with van der Waals surface area (Å²) in [6.07, 6.45) is 3.29. The van der Waals surface area contributed by atoms with E-state index in [0.29, 0.717) is 5.69 Å². The molecule has 26 heavy (non-hydrogen) atoms. The average molecular weight is 341 g/mol. The molecule has 0 aliphatic carbocycles. The van der Waals surface area contributed by atoms with Crippen molar-refractivity contribution in [2.75, 3.05) is 5.73 Å². The summed E-state index contributed by atoms with van der Waals surface area (Å²) in [5, 5.41) is 19.1. The fourth-order valence-corrected chi connectivity index (χ4v) is 3.02. The number of benzene rings is 3. The number of nitrogen functional groups attached to an aromatic ring is 1. The Bertz CT molecular complexity index is 1070. The van der Waals surface area contributed by atoms with Gasteiger partial charge in [0.25, 0.3) is 0 Å². The van der Waals surface area contributed by atoms with E-state index >= 15 is 0 Å². The van der Waals surface area contributed by atoms with Crippen LogP contribution in [0.3, 0.4) is 0 Å². The van der Waals surface area contributed by atoms with Gasteiger partial charge >= 0.3 is 0 Å². The molecule has 4 nitrogen and oxygen atoms in total. The fraction of sp³-hybridized carbons (Fsp3) is 0.0455. The smallest absolute Gasteiger partial charge is 0.104 e. The highest BCUT2D eigenvalue weighted by molar-refractivity contribution is 5.89. The van der Waals surface area contributed by atoms with E-state index in [9.17, 15) is 5.11 Å². The molecule has 0 radical (unpaired) electrons. The molecule has 1 unspecified atom stereocenters. The van der Waals surface area contributed by atoms with Crippen molar-refractivity contribution in [2.45, 2.75) is 6.10 Å². The first-order valence-corrected chi connectivity index (χ1v) is 8.45. The first-order chi connectivity index (χ1) is 12.7. The molecule has 4 aromatic rings. The quantitative estimate of drug-likeness (QED) is 0.482. The van der Waals surface area contributed by atoms with Crippen LogP contribution in [0.5, 0.6) is 0 Å². The third-order valence-corrected chi connectivity index (χ3v) is 4.39. The number of nitrogens with one attached hydrogen (secondary N) is 1. The van der Waals surface area contributed by atoms with Crippen molar-refractivity contribution in [3.05, 3.63) is 95.2 Å². The second-order valence-corrected chi connectivity index (χ2v) is 6.23. The van der Waals surface area contributed by atoms with Crippen LogP contribution in [-0.2, 0) is 0 Å². The molecule has 1 heterocycles. The van der Waals surface area contributed by atoms with Crippen molar-refractivity contribution in [1.29, 1.82) is 0 Å². The molecule has 0 bridgehead atoms. The summed E-state index contributed by atoms with van der Waals surface area (Å²) in [6, 6.07) is 23.2. The van der Waals surface area contributed by atoms with E-state index in [1.807, 2.05) is 72.8 Å². The van der Waals surface area contributed by atoms with Crippen molar-refractivity contribution in [2.24, 2.45) is 0 Å². The SMILES string of the molecule is Nc1cccc(C(O)c2ccc3c(C=Cc4ccccc4)n[nH]c3c2)c1. The third kappa shape index (κ3) is 3.23. The Morgan fingerprint density at radius 2 is 1.69 bits per heavy atom. The van der Waals surface area contributed by atoms with Crippen LogP contribution >= 0.6 is 0 Å². The zero-order valence-corrected chi connectivity index (χ0v) is 14.1. The van der Waals surface area contributed by atoms with Gasteiger partial charge in [0.1, 0.15) is 6.10 Å². The van der Waals surface area contributed by atoms with Gasteiger partial charge in [0.15, 0.2) is 0 Å². The maximum absolute atomic E-state index is 10.6. The number of aliphatic hydroxyl groups is 1. The molecule has 4 N–H and O–H groups in total. The van der Waals surface area contributed by atoms with E-state index < -0.39 is 6.10 Å². The molecular formula is C22H19N3O. The Morgan fingerprint density at radius 1 is 0.885 bits per heavy atom. The van der Waals surface area contributed by atoms with Crippen LogP contribution in [0.25, 0.3) is 23.1 Å².